The molecule has 1 N–H and O–H groups in total. The molecule has 1 saturated heterocycles. The Kier molecular flexibility index (Phi) is 5.95. The minimum atomic E-state index is -0.960. The van der Waals surface area contributed by atoms with Gasteiger partial charge in [-0.2, -0.15) is 0 Å². The fourth-order valence-corrected chi connectivity index (χ4v) is 4.41. The van der Waals surface area contributed by atoms with Crippen LogP contribution in [-0.2, 0) is 11.3 Å². The topological polar surface area (TPSA) is 89.9 Å². The molecular formula is C25H31N3O5. The number of rotatable bonds is 8. The number of hydrogen-bond donors (Lipinski definition) is 1. The number of Topliss-reactive ketones (excluding diaryl/α,β-unsaturated/α-hetero) is 1. The summed E-state index contributed by atoms with van der Waals surface area (Å²) in [6, 6.07) is 7.11. The predicted molar refractivity (Wildman–Crippen MR) is 123 cm³/mol. The van der Waals surface area contributed by atoms with Gasteiger partial charge in [0.1, 0.15) is 5.54 Å². The Balaban J connectivity index is 1.49. The lowest BCUT2D eigenvalue weighted by atomic mass is 9.92. The molecule has 0 radical (unpaired) electrons. The predicted octanol–water partition coefficient (Wildman–Crippen LogP) is 3.81. The maximum Gasteiger partial charge on any atom is 0.325 e. The third kappa shape index (κ3) is 4.34. The number of ketones is 1. The number of carbonyl (C=O) groups excluding carboxylic acids is 3. The Morgan fingerprint density at radius 3 is 2.61 bits per heavy atom. The molecule has 1 atom stereocenters. The molecule has 2 aliphatic heterocycles. The van der Waals surface area contributed by atoms with Crippen LogP contribution in [0.2, 0.25) is 0 Å². The highest BCUT2D eigenvalue weighted by Gasteiger charge is 2.48. The summed E-state index contributed by atoms with van der Waals surface area (Å²) in [4.78, 5) is 39.7. The second-order valence-electron chi connectivity index (χ2n) is 9.57. The van der Waals surface area contributed by atoms with Gasteiger partial charge in [0.15, 0.2) is 17.3 Å². The van der Waals surface area contributed by atoms with E-state index in [-0.39, 0.29) is 25.0 Å². The van der Waals surface area contributed by atoms with Crippen molar-refractivity contribution in [1.29, 1.82) is 0 Å². The number of carbonyl (C=O) groups is 3. The maximum atomic E-state index is 13.1. The molecule has 2 aromatic rings. The van der Waals surface area contributed by atoms with Crippen molar-refractivity contribution in [2.24, 2.45) is 5.92 Å². The van der Waals surface area contributed by atoms with Gasteiger partial charge in [0.2, 0.25) is 6.79 Å². The van der Waals surface area contributed by atoms with Gasteiger partial charge >= 0.3 is 6.03 Å². The molecule has 0 saturated carbocycles. The number of imide groups is 1. The van der Waals surface area contributed by atoms with Crippen LogP contribution in [0, 0.1) is 19.8 Å². The summed E-state index contributed by atoms with van der Waals surface area (Å²) in [7, 11) is 0. The van der Waals surface area contributed by atoms with Crippen LogP contribution in [0.5, 0.6) is 11.5 Å². The highest BCUT2D eigenvalue weighted by Crippen LogP contribution is 2.33. The molecule has 0 unspecified atom stereocenters. The first-order valence-electron chi connectivity index (χ1n) is 11.3. The summed E-state index contributed by atoms with van der Waals surface area (Å²) in [5, 5.41) is 2.78. The standard InChI is InChI=1S/C25H31N3O5/c1-15(2)8-9-25(5)23(30)28(24(31)26-25)13-20(29)19-10-16(3)27(17(19)4)12-18-6-7-21-22(11-18)33-14-32-21/h6-7,10-11,15H,8-9,12-14H2,1-5H3,(H,26,31)/t25-/m0/s1. The minimum absolute atomic E-state index is 0.221. The number of amides is 3. The molecule has 8 heteroatoms. The largest absolute Gasteiger partial charge is 0.454 e. The summed E-state index contributed by atoms with van der Waals surface area (Å²) in [5.74, 6) is 1.26. The molecule has 33 heavy (non-hydrogen) atoms. The molecule has 1 aromatic carbocycles. The fraction of sp³-hybridized carbons (Fsp3) is 0.480. The number of urea groups is 1. The number of nitrogens with zero attached hydrogens (tertiary/aromatic N) is 2. The van der Waals surface area contributed by atoms with E-state index in [2.05, 4.69) is 19.2 Å². The van der Waals surface area contributed by atoms with E-state index >= 15 is 0 Å². The van der Waals surface area contributed by atoms with E-state index in [1.165, 1.54) is 0 Å². The maximum absolute atomic E-state index is 13.1. The lowest BCUT2D eigenvalue weighted by Gasteiger charge is -2.22. The zero-order valence-corrected chi connectivity index (χ0v) is 19.9. The highest BCUT2D eigenvalue weighted by molar-refractivity contribution is 6.11. The van der Waals surface area contributed by atoms with Gasteiger partial charge in [-0.25, -0.2) is 4.79 Å². The summed E-state index contributed by atoms with van der Waals surface area (Å²) in [6.45, 7) is 10.2. The second kappa shape index (κ2) is 8.57. The van der Waals surface area contributed by atoms with Gasteiger partial charge in [0, 0.05) is 23.5 Å². The van der Waals surface area contributed by atoms with Gasteiger partial charge in [-0.15, -0.1) is 0 Å². The molecule has 8 nitrogen and oxygen atoms in total. The van der Waals surface area contributed by atoms with Gasteiger partial charge < -0.3 is 19.4 Å². The lowest BCUT2D eigenvalue weighted by molar-refractivity contribution is -0.130. The first-order chi connectivity index (χ1) is 15.6. The Hall–Kier alpha value is -3.29. The van der Waals surface area contributed by atoms with E-state index < -0.39 is 11.6 Å². The van der Waals surface area contributed by atoms with Crippen molar-refractivity contribution >= 4 is 17.7 Å². The van der Waals surface area contributed by atoms with Crippen molar-refractivity contribution in [2.75, 3.05) is 13.3 Å². The van der Waals surface area contributed by atoms with Crippen LogP contribution in [-0.4, -0.2) is 46.1 Å². The zero-order chi connectivity index (χ0) is 23.9. The van der Waals surface area contributed by atoms with Crippen molar-refractivity contribution < 1.29 is 23.9 Å². The number of nitrogens with one attached hydrogen (secondary N) is 1. The number of aryl methyl sites for hydroxylation is 1. The minimum Gasteiger partial charge on any atom is -0.454 e. The van der Waals surface area contributed by atoms with Crippen LogP contribution < -0.4 is 14.8 Å². The quantitative estimate of drug-likeness (QED) is 0.485. The van der Waals surface area contributed by atoms with Gasteiger partial charge in [-0.1, -0.05) is 19.9 Å². The average molecular weight is 454 g/mol. The Bertz CT molecular complexity index is 1120. The van der Waals surface area contributed by atoms with Crippen molar-refractivity contribution in [3.05, 3.63) is 46.8 Å². The molecule has 3 amide bonds. The molecule has 2 aliphatic rings. The number of aromatic nitrogens is 1. The van der Waals surface area contributed by atoms with Crippen LogP contribution in [0.3, 0.4) is 0 Å². The Morgan fingerprint density at radius 1 is 1.15 bits per heavy atom. The van der Waals surface area contributed by atoms with Gasteiger partial charge in [0.05, 0.1) is 6.54 Å². The first-order valence-corrected chi connectivity index (χ1v) is 11.3. The third-order valence-electron chi connectivity index (χ3n) is 6.52. The summed E-state index contributed by atoms with van der Waals surface area (Å²) in [6.07, 6.45) is 1.36. The molecule has 0 bridgehead atoms. The number of hydrogen-bond acceptors (Lipinski definition) is 5. The van der Waals surface area contributed by atoms with E-state index in [1.807, 2.05) is 42.7 Å². The second-order valence-corrected chi connectivity index (χ2v) is 9.57. The summed E-state index contributed by atoms with van der Waals surface area (Å²) >= 11 is 0. The zero-order valence-electron chi connectivity index (χ0n) is 19.9. The number of fused-ring (bicyclic) bond motifs is 1. The van der Waals surface area contributed by atoms with E-state index in [9.17, 15) is 14.4 Å². The molecule has 0 aliphatic carbocycles. The monoisotopic (exact) mass is 453 g/mol. The molecule has 0 spiro atoms. The molecule has 1 aromatic heterocycles. The first kappa shape index (κ1) is 22.9. The van der Waals surface area contributed by atoms with E-state index in [0.29, 0.717) is 30.2 Å². The van der Waals surface area contributed by atoms with E-state index in [1.54, 1.807) is 6.92 Å². The molecule has 3 heterocycles. The van der Waals surface area contributed by atoms with Crippen LogP contribution in [0.15, 0.2) is 24.3 Å². The van der Waals surface area contributed by atoms with Gasteiger partial charge in [-0.05, 0) is 63.3 Å². The van der Waals surface area contributed by atoms with Crippen molar-refractivity contribution in [3.63, 3.8) is 0 Å². The average Bonchev–Trinajstić information content (AvgIpc) is 3.40. The summed E-state index contributed by atoms with van der Waals surface area (Å²) < 4.78 is 12.9. The van der Waals surface area contributed by atoms with Crippen molar-refractivity contribution in [1.82, 2.24) is 14.8 Å². The van der Waals surface area contributed by atoms with Crippen molar-refractivity contribution in [3.8, 4) is 11.5 Å². The Morgan fingerprint density at radius 2 is 1.88 bits per heavy atom. The van der Waals surface area contributed by atoms with Crippen molar-refractivity contribution in [2.45, 2.75) is 59.5 Å². The highest BCUT2D eigenvalue weighted by atomic mass is 16.7. The molecular weight excluding hydrogens is 422 g/mol. The van der Waals surface area contributed by atoms with Crippen LogP contribution in [0.25, 0.3) is 0 Å². The third-order valence-corrected chi connectivity index (χ3v) is 6.52. The van der Waals surface area contributed by atoms with Gasteiger partial charge in [0.25, 0.3) is 5.91 Å². The van der Waals surface area contributed by atoms with Gasteiger partial charge in [-0.3, -0.25) is 14.5 Å². The summed E-state index contributed by atoms with van der Waals surface area (Å²) in [5.41, 5.74) is 2.30. The molecule has 176 valence electrons. The lowest BCUT2D eigenvalue weighted by Crippen LogP contribution is -2.44. The SMILES string of the molecule is Cc1cc(C(=O)CN2C(=O)N[C@@](C)(CCC(C)C)C2=O)c(C)n1Cc1ccc2c(c1)OCO2. The Labute approximate surface area is 193 Å². The van der Waals surface area contributed by atoms with Crippen LogP contribution >= 0.6 is 0 Å². The molecule has 1 fully saturated rings. The van der Waals surface area contributed by atoms with Crippen LogP contribution in [0.1, 0.15) is 60.9 Å². The van der Waals surface area contributed by atoms with Crippen LogP contribution in [0.4, 0.5) is 4.79 Å². The van der Waals surface area contributed by atoms with E-state index in [4.69, 9.17) is 9.47 Å². The fourth-order valence-electron chi connectivity index (χ4n) is 4.41. The van der Waals surface area contributed by atoms with E-state index in [0.717, 1.165) is 34.0 Å². The number of ether oxygens (including phenoxy) is 2. The number of benzene rings is 1. The smallest absolute Gasteiger partial charge is 0.325 e. The normalized spacial score (nSPS) is 19.5. The molecule has 4 rings (SSSR count).